The van der Waals surface area contributed by atoms with Gasteiger partial charge in [0.05, 0.1) is 22.7 Å². The summed E-state index contributed by atoms with van der Waals surface area (Å²) in [7, 11) is 3.56. The number of anilines is 3. The van der Waals surface area contributed by atoms with Crippen molar-refractivity contribution in [2.24, 2.45) is 4.99 Å². The predicted octanol–water partition coefficient (Wildman–Crippen LogP) is 3.62. The lowest BCUT2D eigenvalue weighted by Crippen LogP contribution is -2.45. The summed E-state index contributed by atoms with van der Waals surface area (Å²) >= 11 is 0. The standard InChI is InChI=1S/C26H28N6O4/c1-15-6-9-18(12-21(15)27-4)29-24-31(19-10-8-17(3)23(14-19)30-35)25(33)32(26(34)36-24)20-11-7-16(2)22(13-20)28-5/h6-14,27-28,30,35H,1-5H3. The lowest BCUT2D eigenvalue weighted by molar-refractivity contribution is 0.366. The first-order valence-corrected chi connectivity index (χ1v) is 11.3. The zero-order chi connectivity index (χ0) is 26.0. The normalized spacial score (nSPS) is 11.4. The largest absolute Gasteiger partial charge is 0.430 e. The molecule has 1 aromatic heterocycles. The van der Waals surface area contributed by atoms with E-state index >= 15 is 0 Å². The monoisotopic (exact) mass is 488 g/mol. The SMILES string of the molecule is CNc1cc(N=c2oc(=O)n(-c3ccc(C)c(NC)c3)c(=O)n2-c2ccc(C)c(NO)c2)ccc1C. The van der Waals surface area contributed by atoms with Crippen LogP contribution in [0.4, 0.5) is 22.7 Å². The van der Waals surface area contributed by atoms with Crippen molar-refractivity contribution in [2.45, 2.75) is 20.8 Å². The molecule has 0 spiro atoms. The van der Waals surface area contributed by atoms with Crippen molar-refractivity contribution in [2.75, 3.05) is 30.2 Å². The van der Waals surface area contributed by atoms with Crippen LogP contribution in [0.5, 0.6) is 0 Å². The number of nitrogens with zero attached hydrogens (tertiary/aromatic N) is 3. The average molecular weight is 489 g/mol. The number of nitrogens with one attached hydrogen (secondary N) is 3. The maximum Gasteiger partial charge on any atom is 0.430 e. The molecule has 0 aliphatic rings. The second-order valence-corrected chi connectivity index (χ2v) is 8.33. The van der Waals surface area contributed by atoms with Gasteiger partial charge in [0.15, 0.2) is 0 Å². The fourth-order valence-corrected chi connectivity index (χ4v) is 3.89. The Labute approximate surface area is 207 Å². The third-order valence-electron chi connectivity index (χ3n) is 6.00. The van der Waals surface area contributed by atoms with E-state index in [0.29, 0.717) is 22.7 Å². The van der Waals surface area contributed by atoms with Crippen molar-refractivity contribution in [3.63, 3.8) is 0 Å². The van der Waals surface area contributed by atoms with E-state index in [2.05, 4.69) is 21.1 Å². The first-order valence-electron chi connectivity index (χ1n) is 11.3. The van der Waals surface area contributed by atoms with E-state index in [1.807, 2.05) is 19.9 Å². The van der Waals surface area contributed by atoms with Crippen LogP contribution >= 0.6 is 0 Å². The molecule has 0 fully saturated rings. The van der Waals surface area contributed by atoms with Gasteiger partial charge in [0, 0.05) is 25.5 Å². The summed E-state index contributed by atoms with van der Waals surface area (Å²) in [6.07, 6.45) is 0. The van der Waals surface area contributed by atoms with Gasteiger partial charge in [0.1, 0.15) is 0 Å². The Kier molecular flexibility index (Phi) is 6.80. The molecule has 0 aliphatic carbocycles. The molecule has 0 amide bonds. The van der Waals surface area contributed by atoms with Gasteiger partial charge in [0.25, 0.3) is 0 Å². The second kappa shape index (κ2) is 9.96. The number of rotatable bonds is 6. The molecule has 4 N–H and O–H groups in total. The van der Waals surface area contributed by atoms with Crippen molar-refractivity contribution >= 4 is 22.7 Å². The molecule has 0 radical (unpaired) electrons. The Morgan fingerprint density at radius 1 is 0.750 bits per heavy atom. The minimum Gasteiger partial charge on any atom is -0.388 e. The smallest absolute Gasteiger partial charge is 0.388 e. The summed E-state index contributed by atoms with van der Waals surface area (Å²) in [5.74, 6) is -0.880. The van der Waals surface area contributed by atoms with Gasteiger partial charge in [-0.05, 0) is 73.9 Å². The molecular weight excluding hydrogens is 460 g/mol. The van der Waals surface area contributed by atoms with Crippen LogP contribution in [0.25, 0.3) is 11.4 Å². The fraction of sp³-hybridized carbons (Fsp3) is 0.192. The third-order valence-corrected chi connectivity index (χ3v) is 6.00. The van der Waals surface area contributed by atoms with Gasteiger partial charge < -0.3 is 15.1 Å². The highest BCUT2D eigenvalue weighted by molar-refractivity contribution is 5.59. The fourth-order valence-electron chi connectivity index (χ4n) is 3.89. The molecule has 0 unspecified atom stereocenters. The summed E-state index contributed by atoms with van der Waals surface area (Å²) < 4.78 is 7.76. The number of hydrogen-bond acceptors (Lipinski definition) is 8. The summed E-state index contributed by atoms with van der Waals surface area (Å²) in [6.45, 7) is 5.67. The molecule has 36 heavy (non-hydrogen) atoms. The maximum absolute atomic E-state index is 13.8. The Bertz CT molecular complexity index is 1630. The molecule has 3 aromatic carbocycles. The van der Waals surface area contributed by atoms with Crippen molar-refractivity contribution in [3.05, 3.63) is 98.0 Å². The quantitative estimate of drug-likeness (QED) is 0.305. The Morgan fingerprint density at radius 3 is 1.89 bits per heavy atom. The highest BCUT2D eigenvalue weighted by atomic mass is 16.5. The minimum absolute atomic E-state index is 0.208. The van der Waals surface area contributed by atoms with E-state index in [9.17, 15) is 14.8 Å². The van der Waals surface area contributed by atoms with E-state index in [0.717, 1.165) is 32.6 Å². The van der Waals surface area contributed by atoms with Crippen molar-refractivity contribution in [1.29, 1.82) is 0 Å². The van der Waals surface area contributed by atoms with Crippen LogP contribution in [0.2, 0.25) is 0 Å². The van der Waals surface area contributed by atoms with Gasteiger partial charge in [-0.15, -0.1) is 0 Å². The predicted molar refractivity (Wildman–Crippen MR) is 140 cm³/mol. The number of aromatic nitrogens is 2. The number of aryl methyl sites for hydroxylation is 3. The Balaban J connectivity index is 2.07. The van der Waals surface area contributed by atoms with Gasteiger partial charge in [-0.25, -0.2) is 14.2 Å². The summed E-state index contributed by atoms with van der Waals surface area (Å²) in [5.41, 5.74) is 7.15. The molecule has 1 heterocycles. The Morgan fingerprint density at radius 2 is 1.28 bits per heavy atom. The lowest BCUT2D eigenvalue weighted by Gasteiger charge is -2.13. The third kappa shape index (κ3) is 4.53. The van der Waals surface area contributed by atoms with E-state index in [4.69, 9.17) is 4.42 Å². The highest BCUT2D eigenvalue weighted by Crippen LogP contribution is 2.22. The van der Waals surface area contributed by atoms with E-state index < -0.39 is 11.4 Å². The summed E-state index contributed by atoms with van der Waals surface area (Å²) in [5, 5.41) is 15.7. The molecule has 4 rings (SSSR count). The van der Waals surface area contributed by atoms with E-state index in [1.54, 1.807) is 69.6 Å². The van der Waals surface area contributed by atoms with Gasteiger partial charge >= 0.3 is 17.1 Å². The second-order valence-electron chi connectivity index (χ2n) is 8.33. The topological polar surface area (TPSA) is 126 Å². The lowest BCUT2D eigenvalue weighted by atomic mass is 10.2. The number of benzene rings is 3. The van der Waals surface area contributed by atoms with Crippen LogP contribution in [-0.2, 0) is 0 Å². The van der Waals surface area contributed by atoms with Crippen molar-refractivity contribution in [1.82, 2.24) is 9.13 Å². The van der Waals surface area contributed by atoms with Crippen molar-refractivity contribution in [3.8, 4) is 11.4 Å². The van der Waals surface area contributed by atoms with Crippen LogP contribution < -0.4 is 33.2 Å². The van der Waals surface area contributed by atoms with Crippen LogP contribution in [0.15, 0.2) is 73.6 Å². The van der Waals surface area contributed by atoms with Crippen LogP contribution in [0, 0.1) is 20.8 Å². The van der Waals surface area contributed by atoms with Crippen LogP contribution in [0.3, 0.4) is 0 Å². The van der Waals surface area contributed by atoms with E-state index in [-0.39, 0.29) is 5.68 Å². The molecule has 4 aromatic rings. The molecular formula is C26H28N6O4. The first kappa shape index (κ1) is 24.6. The van der Waals surface area contributed by atoms with Gasteiger partial charge in [0.2, 0.25) is 0 Å². The summed E-state index contributed by atoms with van der Waals surface area (Å²) in [6, 6.07) is 15.6. The molecule has 0 bridgehead atoms. The molecule has 10 nitrogen and oxygen atoms in total. The molecule has 0 saturated carbocycles. The molecule has 0 atom stereocenters. The van der Waals surface area contributed by atoms with Crippen molar-refractivity contribution < 1.29 is 9.62 Å². The molecule has 0 saturated heterocycles. The molecule has 186 valence electrons. The number of hydrogen-bond donors (Lipinski definition) is 4. The van der Waals surface area contributed by atoms with Gasteiger partial charge in [-0.3, -0.25) is 10.7 Å². The Hall–Kier alpha value is -4.57. The molecule has 0 aliphatic heterocycles. The zero-order valence-electron chi connectivity index (χ0n) is 20.7. The first-order chi connectivity index (χ1) is 17.3. The van der Waals surface area contributed by atoms with Crippen LogP contribution in [0.1, 0.15) is 16.7 Å². The van der Waals surface area contributed by atoms with E-state index in [1.165, 1.54) is 4.57 Å². The minimum atomic E-state index is -0.880. The maximum atomic E-state index is 13.8. The van der Waals surface area contributed by atoms with Crippen LogP contribution in [-0.4, -0.2) is 28.4 Å². The highest BCUT2D eigenvalue weighted by Gasteiger charge is 2.16. The zero-order valence-corrected chi connectivity index (χ0v) is 20.7. The van der Waals surface area contributed by atoms with Gasteiger partial charge in [-0.1, -0.05) is 18.2 Å². The van der Waals surface area contributed by atoms with Gasteiger partial charge in [-0.2, -0.15) is 9.56 Å². The molecule has 10 heteroatoms. The summed E-state index contributed by atoms with van der Waals surface area (Å²) in [4.78, 5) is 31.4. The average Bonchev–Trinajstić information content (AvgIpc) is 2.86.